The van der Waals surface area contributed by atoms with E-state index in [0.29, 0.717) is 17.0 Å². The maximum Gasteiger partial charge on any atom is 0.0991 e. The third-order valence-corrected chi connectivity index (χ3v) is 3.77. The Morgan fingerprint density at radius 2 is 1.55 bits per heavy atom. The van der Waals surface area contributed by atoms with Crippen LogP contribution >= 0.6 is 23.2 Å². The zero-order valence-corrected chi connectivity index (χ0v) is 12.1. The van der Waals surface area contributed by atoms with Gasteiger partial charge in [-0.05, 0) is 41.8 Å². The van der Waals surface area contributed by atoms with Crippen molar-refractivity contribution in [3.63, 3.8) is 0 Å². The molecule has 102 valence electrons. The van der Waals surface area contributed by atoms with Crippen molar-refractivity contribution in [2.45, 2.75) is 17.9 Å². The van der Waals surface area contributed by atoms with E-state index in [1.807, 2.05) is 18.2 Å². The summed E-state index contributed by atoms with van der Waals surface area (Å²) in [5.74, 6) is 0. The summed E-state index contributed by atoms with van der Waals surface area (Å²) < 4.78 is 0. The van der Waals surface area contributed by atoms with E-state index >= 15 is 0 Å². The number of hydrogen-bond acceptors (Lipinski definition) is 2. The maximum atomic E-state index is 10.2. The zero-order valence-electron chi connectivity index (χ0n) is 10.6. The minimum Gasteiger partial charge on any atom is -0.388 e. The van der Waals surface area contributed by atoms with E-state index in [0.717, 1.165) is 11.1 Å². The van der Waals surface area contributed by atoms with Crippen LogP contribution in [0.4, 0.5) is 0 Å². The molecule has 0 aromatic heterocycles. The summed E-state index contributed by atoms with van der Waals surface area (Å²) in [6.45, 7) is 0. The number of hydrogen-bond donors (Lipinski definition) is 1. The van der Waals surface area contributed by atoms with Crippen LogP contribution in [-0.4, -0.2) is 5.11 Å². The molecule has 2 atom stereocenters. The van der Waals surface area contributed by atoms with Gasteiger partial charge in [0.2, 0.25) is 0 Å². The fourth-order valence-electron chi connectivity index (χ4n) is 1.92. The molecule has 0 saturated heterocycles. The Balaban J connectivity index is 2.04. The molecule has 2 aromatic rings. The number of nitrogens with zero attached hydrogens (tertiary/aromatic N) is 1. The van der Waals surface area contributed by atoms with Crippen molar-refractivity contribution in [3.8, 4) is 6.07 Å². The summed E-state index contributed by atoms with van der Waals surface area (Å²) in [7, 11) is 0. The van der Waals surface area contributed by atoms with E-state index in [1.54, 1.807) is 36.4 Å². The lowest BCUT2D eigenvalue weighted by atomic mass is 10.00. The molecule has 0 fully saturated rings. The molecule has 2 aromatic carbocycles. The Hall–Kier alpha value is -1.53. The molecule has 0 aliphatic carbocycles. The van der Waals surface area contributed by atoms with E-state index in [1.165, 1.54) is 0 Å². The first-order valence-electron chi connectivity index (χ1n) is 6.18. The van der Waals surface area contributed by atoms with Gasteiger partial charge in [0.25, 0.3) is 0 Å². The Kier molecular flexibility index (Phi) is 5.03. The average molecular weight is 306 g/mol. The first kappa shape index (κ1) is 14.9. The minimum absolute atomic E-state index is 0.294. The highest BCUT2D eigenvalue weighted by Crippen LogP contribution is 2.32. The third kappa shape index (κ3) is 3.74. The van der Waals surface area contributed by atoms with Crippen molar-refractivity contribution in [2.75, 3.05) is 0 Å². The van der Waals surface area contributed by atoms with Crippen molar-refractivity contribution >= 4 is 23.2 Å². The minimum atomic E-state index is -0.666. The number of halogens is 2. The van der Waals surface area contributed by atoms with E-state index in [-0.39, 0.29) is 5.38 Å². The van der Waals surface area contributed by atoms with Gasteiger partial charge in [0, 0.05) is 5.02 Å². The van der Waals surface area contributed by atoms with Gasteiger partial charge >= 0.3 is 0 Å². The lowest BCUT2D eigenvalue weighted by molar-refractivity contribution is 0.166. The van der Waals surface area contributed by atoms with Gasteiger partial charge in [0.1, 0.15) is 0 Å². The van der Waals surface area contributed by atoms with Crippen molar-refractivity contribution in [1.29, 1.82) is 5.26 Å². The summed E-state index contributed by atoms with van der Waals surface area (Å²) in [5, 5.41) is 19.3. The Morgan fingerprint density at radius 1 is 1.00 bits per heavy atom. The molecule has 0 aliphatic rings. The second kappa shape index (κ2) is 6.76. The third-order valence-electron chi connectivity index (χ3n) is 3.09. The number of alkyl halides is 1. The lowest BCUT2D eigenvalue weighted by Gasteiger charge is -2.15. The first-order valence-corrected chi connectivity index (χ1v) is 6.99. The van der Waals surface area contributed by atoms with Gasteiger partial charge in [0.15, 0.2) is 0 Å². The topological polar surface area (TPSA) is 44.0 Å². The smallest absolute Gasteiger partial charge is 0.0991 e. The molecule has 0 aliphatic heterocycles. The summed E-state index contributed by atoms with van der Waals surface area (Å²) in [6, 6.07) is 16.2. The van der Waals surface area contributed by atoms with E-state index in [2.05, 4.69) is 0 Å². The number of aliphatic hydroxyl groups is 1. The molecule has 0 unspecified atom stereocenters. The highest BCUT2D eigenvalue weighted by atomic mass is 35.5. The second-order valence-corrected chi connectivity index (χ2v) is 5.47. The number of aliphatic hydroxyl groups excluding tert-OH is 1. The van der Waals surface area contributed by atoms with Crippen LogP contribution in [0.25, 0.3) is 0 Å². The fraction of sp³-hybridized carbons (Fsp3) is 0.188. The van der Waals surface area contributed by atoms with Crippen LogP contribution in [0.3, 0.4) is 0 Å². The largest absolute Gasteiger partial charge is 0.388 e. The molecule has 20 heavy (non-hydrogen) atoms. The van der Waals surface area contributed by atoms with Gasteiger partial charge < -0.3 is 5.11 Å². The van der Waals surface area contributed by atoms with Gasteiger partial charge in [-0.2, -0.15) is 5.26 Å². The van der Waals surface area contributed by atoms with Crippen LogP contribution in [0.5, 0.6) is 0 Å². The fourth-order valence-corrected chi connectivity index (χ4v) is 2.36. The molecule has 0 bridgehead atoms. The van der Waals surface area contributed by atoms with Crippen LogP contribution in [0.15, 0.2) is 48.5 Å². The molecule has 0 heterocycles. The summed E-state index contributed by atoms with van der Waals surface area (Å²) in [4.78, 5) is 0. The predicted octanol–water partition coefficient (Wildman–Crippen LogP) is 4.62. The normalized spacial score (nSPS) is 13.5. The summed E-state index contributed by atoms with van der Waals surface area (Å²) in [5.41, 5.74) is 2.24. The second-order valence-electron chi connectivity index (χ2n) is 4.50. The zero-order chi connectivity index (χ0) is 14.5. The molecule has 0 amide bonds. The molecule has 2 rings (SSSR count). The number of rotatable bonds is 4. The summed E-state index contributed by atoms with van der Waals surface area (Å²) >= 11 is 12.1. The SMILES string of the molecule is N#Cc1ccc([C@H](O)C[C@@H](Cl)c2ccc(Cl)cc2)cc1. The molecule has 0 saturated carbocycles. The molecule has 0 radical (unpaired) electrons. The van der Waals surface area contributed by atoms with Gasteiger partial charge in [-0.1, -0.05) is 35.9 Å². The Morgan fingerprint density at radius 3 is 2.10 bits per heavy atom. The van der Waals surface area contributed by atoms with Gasteiger partial charge in [0.05, 0.1) is 23.1 Å². The lowest BCUT2D eigenvalue weighted by Crippen LogP contribution is -2.02. The predicted molar refractivity (Wildman–Crippen MR) is 80.8 cm³/mol. The molecule has 1 N–H and O–H groups in total. The molecule has 0 spiro atoms. The Labute approximate surface area is 128 Å². The number of benzene rings is 2. The van der Waals surface area contributed by atoms with Crippen molar-refractivity contribution in [3.05, 3.63) is 70.2 Å². The molecular formula is C16H13Cl2NO. The molecular weight excluding hydrogens is 293 g/mol. The highest BCUT2D eigenvalue weighted by molar-refractivity contribution is 6.30. The van der Waals surface area contributed by atoms with Crippen LogP contribution in [0.1, 0.15) is 34.6 Å². The van der Waals surface area contributed by atoms with Crippen LogP contribution in [0.2, 0.25) is 5.02 Å². The summed E-state index contributed by atoms with van der Waals surface area (Å²) in [6.07, 6.45) is -0.268. The highest BCUT2D eigenvalue weighted by Gasteiger charge is 2.15. The monoisotopic (exact) mass is 305 g/mol. The molecule has 2 nitrogen and oxygen atoms in total. The van der Waals surface area contributed by atoms with Crippen molar-refractivity contribution in [1.82, 2.24) is 0 Å². The standard InChI is InChI=1S/C16H13Cl2NO/c17-14-7-5-12(6-8-14)15(18)9-16(20)13-3-1-11(10-19)2-4-13/h1-8,15-16,20H,9H2/t15-,16-/m1/s1. The van der Waals surface area contributed by atoms with Gasteiger partial charge in [-0.15, -0.1) is 11.6 Å². The average Bonchev–Trinajstić information content (AvgIpc) is 2.48. The molecule has 4 heteroatoms. The van der Waals surface area contributed by atoms with Crippen molar-refractivity contribution < 1.29 is 5.11 Å². The van der Waals surface area contributed by atoms with E-state index in [4.69, 9.17) is 28.5 Å². The van der Waals surface area contributed by atoms with Crippen LogP contribution < -0.4 is 0 Å². The van der Waals surface area contributed by atoms with E-state index < -0.39 is 6.10 Å². The quantitative estimate of drug-likeness (QED) is 0.838. The number of nitriles is 1. The van der Waals surface area contributed by atoms with Crippen LogP contribution in [-0.2, 0) is 0 Å². The van der Waals surface area contributed by atoms with Crippen LogP contribution in [0, 0.1) is 11.3 Å². The van der Waals surface area contributed by atoms with Crippen molar-refractivity contribution in [2.24, 2.45) is 0 Å². The maximum absolute atomic E-state index is 10.2. The van der Waals surface area contributed by atoms with Gasteiger partial charge in [-0.25, -0.2) is 0 Å². The Bertz CT molecular complexity index is 602. The van der Waals surface area contributed by atoms with Gasteiger partial charge in [-0.3, -0.25) is 0 Å². The van der Waals surface area contributed by atoms with E-state index in [9.17, 15) is 5.11 Å². The first-order chi connectivity index (χ1) is 9.60.